The van der Waals surface area contributed by atoms with Gasteiger partial charge >= 0.3 is 0 Å². The minimum Gasteiger partial charge on any atom is -0.497 e. The summed E-state index contributed by atoms with van der Waals surface area (Å²) in [5, 5.41) is 5.39. The second kappa shape index (κ2) is 8.23. The van der Waals surface area contributed by atoms with Gasteiger partial charge in [-0.3, -0.25) is 4.79 Å². The highest BCUT2D eigenvalue weighted by Gasteiger charge is 2.21. The Balaban J connectivity index is 1.55. The van der Waals surface area contributed by atoms with Crippen LogP contribution in [0, 0.1) is 0 Å². The zero-order valence-electron chi connectivity index (χ0n) is 17.9. The van der Waals surface area contributed by atoms with Crippen LogP contribution in [0.5, 0.6) is 5.75 Å². The number of imidazole rings is 1. The van der Waals surface area contributed by atoms with Crippen molar-refractivity contribution in [1.29, 1.82) is 0 Å². The first-order valence-electron chi connectivity index (χ1n) is 10.5. The molecule has 0 bridgehead atoms. The summed E-state index contributed by atoms with van der Waals surface area (Å²) < 4.78 is 12.8. The molecule has 5 aromatic rings. The van der Waals surface area contributed by atoms with Gasteiger partial charge in [0.2, 0.25) is 0 Å². The fraction of sp³-hybridized carbons (Fsp3) is 0.154. The quantitative estimate of drug-likeness (QED) is 0.399. The van der Waals surface area contributed by atoms with Gasteiger partial charge in [-0.1, -0.05) is 36.4 Å². The highest BCUT2D eigenvalue weighted by molar-refractivity contribution is 5.91. The van der Waals surface area contributed by atoms with E-state index in [2.05, 4.69) is 40.2 Å². The van der Waals surface area contributed by atoms with E-state index in [1.165, 1.54) is 17.0 Å². The number of aromatic nitrogens is 2. The van der Waals surface area contributed by atoms with Crippen molar-refractivity contribution in [2.45, 2.75) is 19.5 Å². The van der Waals surface area contributed by atoms with Gasteiger partial charge in [-0.25, -0.2) is 4.98 Å². The van der Waals surface area contributed by atoms with Gasteiger partial charge in [-0.15, -0.1) is 0 Å². The number of ether oxygens (including phenoxy) is 1. The van der Waals surface area contributed by atoms with Crippen molar-refractivity contribution in [2.24, 2.45) is 0 Å². The maximum atomic E-state index is 12.6. The van der Waals surface area contributed by atoms with Crippen molar-refractivity contribution >= 4 is 27.7 Å². The van der Waals surface area contributed by atoms with Crippen LogP contribution >= 0.6 is 0 Å². The molecule has 0 aliphatic heterocycles. The van der Waals surface area contributed by atoms with Crippen molar-refractivity contribution in [3.8, 4) is 5.75 Å². The second-order valence-corrected chi connectivity index (χ2v) is 7.76. The predicted octanol–water partition coefficient (Wildman–Crippen LogP) is 5.33. The third-order valence-corrected chi connectivity index (χ3v) is 5.62. The number of amides is 1. The first-order chi connectivity index (χ1) is 15.6. The zero-order chi connectivity index (χ0) is 22.1. The Morgan fingerprint density at radius 3 is 2.69 bits per heavy atom. The number of hydrogen-bond donors (Lipinski definition) is 1. The van der Waals surface area contributed by atoms with Crippen LogP contribution in [0.3, 0.4) is 0 Å². The standard InChI is InChI=1S/C26H23N3O3/c1-17(27-26(30)24-8-5-13-32-24)25-28-22-12-11-21(31-2)15-23(22)29(25)16-18-9-10-19-6-3-4-7-20(19)14-18/h3-15,17H,16H2,1-2H3,(H,27,30). The van der Waals surface area contributed by atoms with Crippen LogP contribution in [0.25, 0.3) is 21.8 Å². The van der Waals surface area contributed by atoms with Crippen LogP contribution in [-0.2, 0) is 6.54 Å². The van der Waals surface area contributed by atoms with Crippen molar-refractivity contribution in [1.82, 2.24) is 14.9 Å². The number of benzene rings is 3. The van der Waals surface area contributed by atoms with Gasteiger partial charge in [0, 0.05) is 12.6 Å². The van der Waals surface area contributed by atoms with Crippen LogP contribution in [0.2, 0.25) is 0 Å². The lowest BCUT2D eigenvalue weighted by molar-refractivity contribution is 0.0909. The average molecular weight is 425 g/mol. The van der Waals surface area contributed by atoms with Crippen LogP contribution in [0.15, 0.2) is 83.5 Å². The van der Waals surface area contributed by atoms with Gasteiger partial charge in [0.15, 0.2) is 5.76 Å². The molecule has 0 fully saturated rings. The summed E-state index contributed by atoms with van der Waals surface area (Å²) in [7, 11) is 1.65. The lowest BCUT2D eigenvalue weighted by atomic mass is 10.1. The van der Waals surface area contributed by atoms with E-state index < -0.39 is 0 Å². The van der Waals surface area contributed by atoms with E-state index in [1.54, 1.807) is 19.2 Å². The number of methoxy groups -OCH3 is 1. The van der Waals surface area contributed by atoms with Crippen LogP contribution < -0.4 is 10.1 Å². The number of carbonyl (C=O) groups excluding carboxylic acids is 1. The van der Waals surface area contributed by atoms with Crippen molar-refractivity contribution in [3.05, 3.63) is 96.2 Å². The highest BCUT2D eigenvalue weighted by Crippen LogP contribution is 2.27. The Kier molecular flexibility index (Phi) is 5.11. The van der Waals surface area contributed by atoms with Crippen molar-refractivity contribution in [2.75, 3.05) is 7.11 Å². The topological polar surface area (TPSA) is 69.3 Å². The molecule has 1 N–H and O–H groups in total. The summed E-state index contributed by atoms with van der Waals surface area (Å²) in [6.07, 6.45) is 1.49. The van der Waals surface area contributed by atoms with E-state index >= 15 is 0 Å². The molecule has 6 heteroatoms. The SMILES string of the molecule is COc1ccc2nc(C(C)NC(=O)c3ccco3)n(Cc3ccc4ccccc4c3)c2c1. The Bertz CT molecular complexity index is 1400. The van der Waals surface area contributed by atoms with E-state index in [9.17, 15) is 4.79 Å². The van der Waals surface area contributed by atoms with Crippen LogP contribution in [-0.4, -0.2) is 22.6 Å². The Labute approximate surface area is 185 Å². The minimum atomic E-state index is -0.327. The first-order valence-corrected chi connectivity index (χ1v) is 10.5. The second-order valence-electron chi connectivity index (χ2n) is 7.76. The molecule has 0 saturated carbocycles. The molecule has 0 radical (unpaired) electrons. The number of carbonyl (C=O) groups is 1. The normalized spacial score (nSPS) is 12.2. The maximum Gasteiger partial charge on any atom is 0.287 e. The van der Waals surface area contributed by atoms with Gasteiger partial charge in [0.05, 0.1) is 30.4 Å². The summed E-state index contributed by atoms with van der Waals surface area (Å²) >= 11 is 0. The molecule has 1 amide bonds. The molecule has 1 unspecified atom stereocenters. The summed E-state index contributed by atoms with van der Waals surface area (Å²) in [5.41, 5.74) is 2.95. The number of fused-ring (bicyclic) bond motifs is 2. The largest absolute Gasteiger partial charge is 0.497 e. The monoisotopic (exact) mass is 425 g/mol. The molecule has 32 heavy (non-hydrogen) atoms. The number of nitrogens with one attached hydrogen (secondary N) is 1. The van der Waals surface area contributed by atoms with E-state index in [1.807, 2.05) is 37.3 Å². The van der Waals surface area contributed by atoms with E-state index in [-0.39, 0.29) is 17.7 Å². The van der Waals surface area contributed by atoms with Gasteiger partial charge in [-0.05, 0) is 53.6 Å². The number of furan rings is 1. The molecule has 1 atom stereocenters. The van der Waals surface area contributed by atoms with E-state index in [0.29, 0.717) is 6.54 Å². The van der Waals surface area contributed by atoms with Crippen molar-refractivity contribution < 1.29 is 13.9 Å². The molecule has 160 valence electrons. The molecule has 0 aliphatic rings. The van der Waals surface area contributed by atoms with Gasteiger partial charge in [0.25, 0.3) is 5.91 Å². The van der Waals surface area contributed by atoms with E-state index in [4.69, 9.17) is 14.1 Å². The fourth-order valence-electron chi connectivity index (χ4n) is 4.00. The van der Waals surface area contributed by atoms with E-state index in [0.717, 1.165) is 28.2 Å². The predicted molar refractivity (Wildman–Crippen MR) is 124 cm³/mol. The molecular weight excluding hydrogens is 402 g/mol. The smallest absolute Gasteiger partial charge is 0.287 e. The molecule has 3 aromatic carbocycles. The minimum absolute atomic E-state index is 0.274. The maximum absolute atomic E-state index is 12.6. The Morgan fingerprint density at radius 2 is 1.91 bits per heavy atom. The molecule has 0 spiro atoms. The third-order valence-electron chi connectivity index (χ3n) is 5.62. The first kappa shape index (κ1) is 19.9. The molecule has 6 nitrogen and oxygen atoms in total. The lowest BCUT2D eigenvalue weighted by Gasteiger charge is -2.16. The number of rotatable bonds is 6. The molecule has 0 saturated heterocycles. The Hall–Kier alpha value is -4.06. The van der Waals surface area contributed by atoms with Gasteiger partial charge in [-0.2, -0.15) is 0 Å². The fourth-order valence-corrected chi connectivity index (χ4v) is 4.00. The highest BCUT2D eigenvalue weighted by atomic mass is 16.5. The van der Waals surface area contributed by atoms with Crippen LogP contribution in [0.1, 0.15) is 34.9 Å². The summed E-state index contributed by atoms with van der Waals surface area (Å²) in [6, 6.07) is 23.6. The summed E-state index contributed by atoms with van der Waals surface area (Å²) in [4.78, 5) is 17.4. The molecule has 0 aliphatic carbocycles. The molecular formula is C26H23N3O3. The average Bonchev–Trinajstić information content (AvgIpc) is 3.47. The zero-order valence-corrected chi connectivity index (χ0v) is 17.9. The summed E-state index contributed by atoms with van der Waals surface area (Å²) in [6.45, 7) is 2.54. The van der Waals surface area contributed by atoms with Crippen LogP contribution in [0.4, 0.5) is 0 Å². The lowest BCUT2D eigenvalue weighted by Crippen LogP contribution is -2.28. The molecule has 2 heterocycles. The number of nitrogens with zero attached hydrogens (tertiary/aromatic N) is 2. The third kappa shape index (κ3) is 3.71. The van der Waals surface area contributed by atoms with Crippen molar-refractivity contribution in [3.63, 3.8) is 0 Å². The molecule has 2 aromatic heterocycles. The van der Waals surface area contributed by atoms with Gasteiger partial charge in [0.1, 0.15) is 11.6 Å². The Morgan fingerprint density at radius 1 is 1.06 bits per heavy atom. The van der Waals surface area contributed by atoms with Gasteiger partial charge < -0.3 is 19.0 Å². The summed E-state index contributed by atoms with van der Waals surface area (Å²) in [5.74, 6) is 1.53. The number of hydrogen-bond acceptors (Lipinski definition) is 4. The molecule has 5 rings (SSSR count).